The number of piperidine rings is 1. The van der Waals surface area contributed by atoms with Gasteiger partial charge >= 0.3 is 0 Å². The lowest BCUT2D eigenvalue weighted by Crippen LogP contribution is -2.36. The van der Waals surface area contributed by atoms with E-state index in [1.807, 2.05) is 47.4 Å². The van der Waals surface area contributed by atoms with Crippen LogP contribution in [0.2, 0.25) is 0 Å². The zero-order valence-electron chi connectivity index (χ0n) is 17.9. The fourth-order valence-corrected chi connectivity index (χ4v) is 4.01. The van der Waals surface area contributed by atoms with Crippen LogP contribution in [0.3, 0.4) is 0 Å². The SMILES string of the molecule is Nc1cc(F)ccc1NC(=O)c1ccc(CN2CCC/C(=C\c3ccc(Br)cc3)C2=O)cc1. The Bertz CT molecular complexity index is 1210. The molecule has 33 heavy (non-hydrogen) atoms. The van der Waals surface area contributed by atoms with Crippen LogP contribution in [0, 0.1) is 5.82 Å². The predicted octanol–water partition coefficient (Wildman–Crippen LogP) is 5.63. The van der Waals surface area contributed by atoms with Crippen LogP contribution in [0.5, 0.6) is 0 Å². The number of carbonyl (C=O) groups excluding carboxylic acids is 2. The Labute approximate surface area is 200 Å². The number of hydrogen-bond acceptors (Lipinski definition) is 3. The van der Waals surface area contributed by atoms with Crippen molar-refractivity contribution in [3.05, 3.63) is 99.3 Å². The summed E-state index contributed by atoms with van der Waals surface area (Å²) >= 11 is 3.43. The molecule has 0 bridgehead atoms. The van der Waals surface area contributed by atoms with E-state index in [1.54, 1.807) is 12.1 Å². The average Bonchev–Trinajstić information content (AvgIpc) is 2.80. The van der Waals surface area contributed by atoms with Crippen LogP contribution in [-0.4, -0.2) is 23.3 Å². The monoisotopic (exact) mass is 507 g/mol. The van der Waals surface area contributed by atoms with Gasteiger partial charge in [-0.2, -0.15) is 0 Å². The van der Waals surface area contributed by atoms with Crippen LogP contribution in [-0.2, 0) is 11.3 Å². The summed E-state index contributed by atoms with van der Waals surface area (Å²) in [6.45, 7) is 1.17. The highest BCUT2D eigenvalue weighted by molar-refractivity contribution is 9.10. The van der Waals surface area contributed by atoms with E-state index in [-0.39, 0.29) is 17.5 Å². The molecule has 0 saturated carbocycles. The first kappa shape index (κ1) is 22.7. The molecule has 3 aromatic rings. The Morgan fingerprint density at radius 2 is 1.82 bits per heavy atom. The molecule has 0 atom stereocenters. The van der Waals surface area contributed by atoms with Crippen molar-refractivity contribution in [2.45, 2.75) is 19.4 Å². The van der Waals surface area contributed by atoms with Crippen LogP contribution in [0.25, 0.3) is 6.08 Å². The maximum atomic E-state index is 13.2. The van der Waals surface area contributed by atoms with E-state index in [1.165, 1.54) is 12.1 Å². The van der Waals surface area contributed by atoms with Crippen LogP contribution < -0.4 is 11.1 Å². The van der Waals surface area contributed by atoms with Crippen molar-refractivity contribution in [2.24, 2.45) is 0 Å². The molecule has 0 spiro atoms. The van der Waals surface area contributed by atoms with Crippen molar-refractivity contribution in [3.63, 3.8) is 0 Å². The van der Waals surface area contributed by atoms with Gasteiger partial charge in [-0.1, -0.05) is 40.2 Å². The van der Waals surface area contributed by atoms with E-state index in [4.69, 9.17) is 5.73 Å². The normalized spacial score (nSPS) is 15.0. The third kappa shape index (κ3) is 5.68. The van der Waals surface area contributed by atoms with E-state index < -0.39 is 5.82 Å². The molecule has 1 aliphatic heterocycles. The smallest absolute Gasteiger partial charge is 0.255 e. The van der Waals surface area contributed by atoms with Crippen LogP contribution in [0.4, 0.5) is 15.8 Å². The molecule has 5 nitrogen and oxygen atoms in total. The predicted molar refractivity (Wildman–Crippen MR) is 132 cm³/mol. The average molecular weight is 508 g/mol. The highest BCUT2D eigenvalue weighted by Crippen LogP contribution is 2.23. The van der Waals surface area contributed by atoms with E-state index in [9.17, 15) is 14.0 Å². The summed E-state index contributed by atoms with van der Waals surface area (Å²) in [6.07, 6.45) is 3.63. The van der Waals surface area contributed by atoms with Gasteiger partial charge in [0.05, 0.1) is 11.4 Å². The number of halogens is 2. The number of nitrogens with zero attached hydrogens (tertiary/aromatic N) is 1. The number of benzene rings is 3. The second-order valence-electron chi connectivity index (χ2n) is 7.93. The molecule has 1 heterocycles. The van der Waals surface area contributed by atoms with Gasteiger partial charge < -0.3 is 16.0 Å². The van der Waals surface area contributed by atoms with Crippen molar-refractivity contribution in [3.8, 4) is 0 Å². The molecule has 1 saturated heterocycles. The van der Waals surface area contributed by atoms with Gasteiger partial charge in [0, 0.05) is 28.7 Å². The molecule has 2 amide bonds. The standard InChI is InChI=1S/C26H23BrFN3O2/c27-21-9-5-17(6-10-21)14-20-2-1-13-31(26(20)33)16-18-3-7-19(8-4-18)25(32)30-24-12-11-22(28)15-23(24)29/h3-12,14-15H,1-2,13,16,29H2,(H,30,32)/b20-14+. The summed E-state index contributed by atoms with van der Waals surface area (Å²) in [6, 6.07) is 18.8. The van der Waals surface area contributed by atoms with Gasteiger partial charge in [0.1, 0.15) is 5.82 Å². The largest absolute Gasteiger partial charge is 0.397 e. The Morgan fingerprint density at radius 3 is 2.52 bits per heavy atom. The molecule has 1 aliphatic rings. The van der Waals surface area contributed by atoms with E-state index in [2.05, 4.69) is 21.2 Å². The number of likely N-dealkylation sites (tertiary alicyclic amines) is 1. The van der Waals surface area contributed by atoms with Gasteiger partial charge in [-0.3, -0.25) is 9.59 Å². The zero-order chi connectivity index (χ0) is 23.4. The zero-order valence-corrected chi connectivity index (χ0v) is 19.4. The molecule has 4 rings (SSSR count). The van der Waals surface area contributed by atoms with Crippen LogP contribution >= 0.6 is 15.9 Å². The van der Waals surface area contributed by atoms with Crippen molar-refractivity contribution < 1.29 is 14.0 Å². The minimum atomic E-state index is -0.461. The number of carbonyl (C=O) groups is 2. The Kier molecular flexibility index (Phi) is 6.89. The number of nitrogens with one attached hydrogen (secondary N) is 1. The van der Waals surface area contributed by atoms with Gasteiger partial charge in [0.25, 0.3) is 5.91 Å². The van der Waals surface area contributed by atoms with Crippen LogP contribution in [0.1, 0.15) is 34.3 Å². The number of amides is 2. The fourth-order valence-electron chi connectivity index (χ4n) is 3.74. The van der Waals surface area contributed by atoms with Gasteiger partial charge in [0.2, 0.25) is 5.91 Å². The van der Waals surface area contributed by atoms with Crippen molar-refractivity contribution >= 4 is 45.2 Å². The maximum Gasteiger partial charge on any atom is 0.255 e. The van der Waals surface area contributed by atoms with E-state index in [0.29, 0.717) is 24.3 Å². The molecular weight excluding hydrogens is 485 g/mol. The summed E-state index contributed by atoms with van der Waals surface area (Å²) in [5.41, 5.74) is 9.46. The number of nitrogen functional groups attached to an aromatic ring is 1. The molecule has 168 valence electrons. The molecule has 7 heteroatoms. The van der Waals surface area contributed by atoms with Gasteiger partial charge in [-0.05, 0) is 72.5 Å². The molecule has 3 N–H and O–H groups in total. The van der Waals surface area contributed by atoms with Crippen LogP contribution in [0.15, 0.2) is 76.8 Å². The highest BCUT2D eigenvalue weighted by atomic mass is 79.9. The lowest BCUT2D eigenvalue weighted by Gasteiger charge is -2.28. The fraction of sp³-hybridized carbons (Fsp3) is 0.154. The molecule has 0 aliphatic carbocycles. The maximum absolute atomic E-state index is 13.2. The van der Waals surface area contributed by atoms with E-state index in [0.717, 1.165) is 40.1 Å². The first-order valence-electron chi connectivity index (χ1n) is 10.6. The summed E-state index contributed by atoms with van der Waals surface area (Å²) in [7, 11) is 0. The third-order valence-electron chi connectivity index (χ3n) is 5.50. The quantitative estimate of drug-likeness (QED) is 0.347. The van der Waals surface area contributed by atoms with Crippen molar-refractivity contribution in [2.75, 3.05) is 17.6 Å². The summed E-state index contributed by atoms with van der Waals surface area (Å²) in [5.74, 6) is -0.761. The second kappa shape index (κ2) is 10.0. The minimum absolute atomic E-state index is 0.0396. The molecule has 0 radical (unpaired) electrons. The molecule has 3 aromatic carbocycles. The minimum Gasteiger partial charge on any atom is -0.397 e. The highest BCUT2D eigenvalue weighted by Gasteiger charge is 2.23. The van der Waals surface area contributed by atoms with Gasteiger partial charge in [0.15, 0.2) is 0 Å². The lowest BCUT2D eigenvalue weighted by molar-refractivity contribution is -0.129. The number of rotatable bonds is 5. The summed E-state index contributed by atoms with van der Waals surface area (Å²) in [4.78, 5) is 27.3. The Hall–Kier alpha value is -3.45. The van der Waals surface area contributed by atoms with Gasteiger partial charge in [-0.25, -0.2) is 4.39 Å². The summed E-state index contributed by atoms with van der Waals surface area (Å²) < 4.78 is 14.2. The Balaban J connectivity index is 1.41. The summed E-state index contributed by atoms with van der Waals surface area (Å²) in [5, 5.41) is 2.69. The van der Waals surface area contributed by atoms with Crippen molar-refractivity contribution in [1.29, 1.82) is 0 Å². The van der Waals surface area contributed by atoms with Crippen molar-refractivity contribution in [1.82, 2.24) is 4.90 Å². The number of nitrogens with two attached hydrogens (primary N) is 1. The van der Waals surface area contributed by atoms with E-state index >= 15 is 0 Å². The molecular formula is C26H23BrFN3O2. The second-order valence-corrected chi connectivity index (χ2v) is 8.85. The first-order valence-corrected chi connectivity index (χ1v) is 11.4. The van der Waals surface area contributed by atoms with Gasteiger partial charge in [-0.15, -0.1) is 0 Å². The Morgan fingerprint density at radius 1 is 1.09 bits per heavy atom. The molecule has 0 unspecified atom stereocenters. The lowest BCUT2D eigenvalue weighted by atomic mass is 10.00. The first-order chi connectivity index (χ1) is 15.9. The third-order valence-corrected chi connectivity index (χ3v) is 6.03. The molecule has 0 aromatic heterocycles. The molecule has 1 fully saturated rings. The number of anilines is 2. The topological polar surface area (TPSA) is 75.4 Å². The number of hydrogen-bond donors (Lipinski definition) is 2.